The molecule has 0 aromatic heterocycles. The molecular weight excluding hydrogens is 253 g/mol. The second-order valence-electron chi connectivity index (χ2n) is 3.98. The van der Waals surface area contributed by atoms with Gasteiger partial charge in [0.2, 0.25) is 0 Å². The second-order valence-corrected chi connectivity index (χ2v) is 3.98. The van der Waals surface area contributed by atoms with Crippen LogP contribution in [0.1, 0.15) is 5.56 Å². The van der Waals surface area contributed by atoms with E-state index in [1.165, 1.54) is 12.1 Å². The summed E-state index contributed by atoms with van der Waals surface area (Å²) in [6.07, 6.45) is 0. The average molecular weight is 264 g/mol. The molecule has 2 rings (SSSR count). The molecule has 0 spiro atoms. The van der Waals surface area contributed by atoms with E-state index in [9.17, 15) is 8.78 Å². The summed E-state index contributed by atoms with van der Waals surface area (Å²) in [5, 5.41) is 18.0. The van der Waals surface area contributed by atoms with E-state index < -0.39 is 18.8 Å². The Morgan fingerprint density at radius 1 is 1.05 bits per heavy atom. The summed E-state index contributed by atoms with van der Waals surface area (Å²) in [5.41, 5.74) is 0.968. The lowest BCUT2D eigenvalue weighted by Gasteiger charge is -2.08. The van der Waals surface area contributed by atoms with Crippen molar-refractivity contribution in [1.82, 2.24) is 0 Å². The van der Waals surface area contributed by atoms with Crippen LogP contribution in [0, 0.1) is 11.6 Å². The zero-order chi connectivity index (χ0) is 13.8. The number of benzene rings is 2. The number of hydrogen-bond acceptors (Lipinski definition) is 3. The zero-order valence-electron chi connectivity index (χ0n) is 9.88. The summed E-state index contributed by atoms with van der Waals surface area (Å²) < 4.78 is 31.2. The lowest BCUT2D eigenvalue weighted by molar-refractivity contribution is 0.289. The van der Waals surface area contributed by atoms with Gasteiger partial charge in [-0.3, -0.25) is 0 Å². The highest BCUT2D eigenvalue weighted by Crippen LogP contribution is 2.18. The Balaban J connectivity index is 2.08. The highest BCUT2D eigenvalue weighted by atomic mass is 19.1. The first-order valence-electron chi connectivity index (χ1n) is 5.59. The van der Waals surface area contributed by atoms with Gasteiger partial charge >= 0.3 is 7.12 Å². The minimum atomic E-state index is -1.57. The van der Waals surface area contributed by atoms with E-state index in [-0.39, 0.29) is 12.4 Å². The SMILES string of the molecule is OB(O)c1cccc(COc2ccc(F)cc2F)c1. The molecule has 0 unspecified atom stereocenters. The van der Waals surface area contributed by atoms with Gasteiger partial charge in [-0.25, -0.2) is 8.78 Å². The average Bonchev–Trinajstić information content (AvgIpc) is 2.38. The highest BCUT2D eigenvalue weighted by Gasteiger charge is 2.11. The Bertz CT molecular complexity index is 576. The van der Waals surface area contributed by atoms with Crippen LogP contribution in [0.4, 0.5) is 8.78 Å². The van der Waals surface area contributed by atoms with Crippen LogP contribution in [0.15, 0.2) is 42.5 Å². The van der Waals surface area contributed by atoms with Gasteiger partial charge in [-0.2, -0.15) is 0 Å². The topological polar surface area (TPSA) is 49.7 Å². The van der Waals surface area contributed by atoms with Gasteiger partial charge in [-0.15, -0.1) is 0 Å². The van der Waals surface area contributed by atoms with Crippen LogP contribution in [0.3, 0.4) is 0 Å². The predicted octanol–water partition coefficient (Wildman–Crippen LogP) is 1.22. The van der Waals surface area contributed by atoms with Crippen molar-refractivity contribution in [2.45, 2.75) is 6.61 Å². The normalized spacial score (nSPS) is 10.3. The second kappa shape index (κ2) is 5.82. The molecular formula is C13H11BF2O3. The van der Waals surface area contributed by atoms with Crippen molar-refractivity contribution in [3.8, 4) is 5.75 Å². The lowest BCUT2D eigenvalue weighted by atomic mass is 9.80. The van der Waals surface area contributed by atoms with Gasteiger partial charge in [-0.05, 0) is 23.2 Å². The van der Waals surface area contributed by atoms with Crippen molar-refractivity contribution in [2.75, 3.05) is 0 Å². The van der Waals surface area contributed by atoms with Crippen LogP contribution in [0.25, 0.3) is 0 Å². The van der Waals surface area contributed by atoms with Crippen LogP contribution >= 0.6 is 0 Å². The molecule has 0 saturated heterocycles. The van der Waals surface area contributed by atoms with Crippen molar-refractivity contribution >= 4 is 12.6 Å². The standard InChI is InChI=1S/C13H11BF2O3/c15-11-4-5-13(12(16)7-11)19-8-9-2-1-3-10(6-9)14(17)18/h1-7,17-18H,8H2. The molecule has 98 valence electrons. The molecule has 0 aliphatic carbocycles. The molecule has 0 atom stereocenters. The fraction of sp³-hybridized carbons (Fsp3) is 0.0769. The summed E-state index contributed by atoms with van der Waals surface area (Å²) in [4.78, 5) is 0. The van der Waals surface area contributed by atoms with Crippen LogP contribution in [-0.2, 0) is 6.61 Å². The Morgan fingerprint density at radius 3 is 2.53 bits per heavy atom. The molecule has 6 heteroatoms. The monoisotopic (exact) mass is 264 g/mol. The fourth-order valence-corrected chi connectivity index (χ4v) is 1.60. The number of halogens is 2. The zero-order valence-corrected chi connectivity index (χ0v) is 9.88. The van der Waals surface area contributed by atoms with Crippen LogP contribution in [0.2, 0.25) is 0 Å². The van der Waals surface area contributed by atoms with Gasteiger partial charge in [-0.1, -0.05) is 24.3 Å². The molecule has 2 N–H and O–H groups in total. The molecule has 0 fully saturated rings. The van der Waals surface area contributed by atoms with E-state index in [0.29, 0.717) is 11.0 Å². The predicted molar refractivity (Wildman–Crippen MR) is 67.0 cm³/mol. The van der Waals surface area contributed by atoms with Gasteiger partial charge in [0.1, 0.15) is 12.4 Å². The largest absolute Gasteiger partial charge is 0.488 e. The molecule has 19 heavy (non-hydrogen) atoms. The third kappa shape index (κ3) is 3.53. The van der Waals surface area contributed by atoms with Crippen LogP contribution in [-0.4, -0.2) is 17.2 Å². The fourth-order valence-electron chi connectivity index (χ4n) is 1.60. The number of rotatable bonds is 4. The Kier molecular flexibility index (Phi) is 4.14. The lowest BCUT2D eigenvalue weighted by Crippen LogP contribution is -2.29. The van der Waals surface area contributed by atoms with Gasteiger partial charge < -0.3 is 14.8 Å². The summed E-state index contributed by atoms with van der Waals surface area (Å²) in [5.74, 6) is -1.51. The first-order valence-corrected chi connectivity index (χ1v) is 5.59. The number of ether oxygens (including phenoxy) is 1. The van der Waals surface area contributed by atoms with E-state index >= 15 is 0 Å². The smallest absolute Gasteiger partial charge is 0.486 e. The van der Waals surface area contributed by atoms with Crippen LogP contribution in [0.5, 0.6) is 5.75 Å². The van der Waals surface area contributed by atoms with E-state index in [1.54, 1.807) is 18.2 Å². The Morgan fingerprint density at radius 2 is 1.84 bits per heavy atom. The molecule has 0 radical (unpaired) electrons. The molecule has 2 aromatic rings. The summed E-state index contributed by atoms with van der Waals surface area (Å²) in [6, 6.07) is 9.46. The highest BCUT2D eigenvalue weighted by molar-refractivity contribution is 6.58. The molecule has 0 aliphatic rings. The minimum Gasteiger partial charge on any atom is -0.486 e. The maximum atomic E-state index is 13.3. The molecule has 3 nitrogen and oxygen atoms in total. The summed E-state index contributed by atoms with van der Waals surface area (Å²) >= 11 is 0. The van der Waals surface area contributed by atoms with Crippen molar-refractivity contribution in [1.29, 1.82) is 0 Å². The molecule has 0 heterocycles. The maximum Gasteiger partial charge on any atom is 0.488 e. The van der Waals surface area contributed by atoms with E-state index in [0.717, 1.165) is 12.1 Å². The summed E-state index contributed by atoms with van der Waals surface area (Å²) in [7, 11) is -1.57. The minimum absolute atomic E-state index is 0.0448. The maximum absolute atomic E-state index is 13.3. The quantitative estimate of drug-likeness (QED) is 0.816. The van der Waals surface area contributed by atoms with Gasteiger partial charge in [0.05, 0.1) is 0 Å². The van der Waals surface area contributed by atoms with Crippen molar-refractivity contribution < 1.29 is 23.6 Å². The van der Waals surface area contributed by atoms with E-state index in [2.05, 4.69) is 0 Å². The van der Waals surface area contributed by atoms with Crippen molar-refractivity contribution in [2.24, 2.45) is 0 Å². The molecule has 0 bridgehead atoms. The third-order valence-corrected chi connectivity index (χ3v) is 2.54. The van der Waals surface area contributed by atoms with E-state index in [1.807, 2.05) is 0 Å². The molecule has 0 amide bonds. The molecule has 2 aromatic carbocycles. The third-order valence-electron chi connectivity index (χ3n) is 2.54. The van der Waals surface area contributed by atoms with Crippen LogP contribution < -0.4 is 10.2 Å². The number of hydrogen-bond donors (Lipinski definition) is 2. The Labute approximate surface area is 109 Å². The Hall–Kier alpha value is -1.92. The van der Waals surface area contributed by atoms with Gasteiger partial charge in [0.15, 0.2) is 11.6 Å². The molecule has 0 saturated carbocycles. The van der Waals surface area contributed by atoms with Crippen molar-refractivity contribution in [3.05, 3.63) is 59.7 Å². The van der Waals surface area contributed by atoms with Crippen molar-refractivity contribution in [3.63, 3.8) is 0 Å². The molecule has 0 aliphatic heterocycles. The first kappa shape index (κ1) is 13.5. The van der Waals surface area contributed by atoms with E-state index in [4.69, 9.17) is 14.8 Å². The van der Waals surface area contributed by atoms with Gasteiger partial charge in [0.25, 0.3) is 0 Å². The first-order chi connectivity index (χ1) is 9.06. The summed E-state index contributed by atoms with van der Waals surface area (Å²) in [6.45, 7) is 0.0448. The van der Waals surface area contributed by atoms with Gasteiger partial charge in [0, 0.05) is 6.07 Å².